The molecule has 2 atom stereocenters. The average molecular weight is 382 g/mol. The Morgan fingerprint density at radius 3 is 2.31 bits per heavy atom. The zero-order valence-electron chi connectivity index (χ0n) is 16.8. The van der Waals surface area contributed by atoms with Crippen LogP contribution in [0.15, 0.2) is 12.2 Å². The van der Waals surface area contributed by atoms with Crippen LogP contribution in [0, 0.1) is 5.92 Å². The Hall–Kier alpha value is -1.14. The molecule has 2 rings (SSSR count). The maximum Gasteiger partial charge on any atom is 0.417 e. The molecule has 6 heteroatoms. The van der Waals surface area contributed by atoms with E-state index in [1.165, 1.54) is 24.2 Å². The fourth-order valence-electron chi connectivity index (χ4n) is 4.30. The Morgan fingerprint density at radius 2 is 1.77 bits per heavy atom. The predicted octanol–water partition coefficient (Wildman–Crippen LogP) is 4.88. The summed E-state index contributed by atoms with van der Waals surface area (Å²) in [6.45, 7) is 8.59. The Balaban J connectivity index is 2.16. The predicted molar refractivity (Wildman–Crippen MR) is 105 cm³/mol. The van der Waals surface area contributed by atoms with E-state index in [2.05, 4.69) is 20.8 Å². The number of β-lactam (4-membered cyclic amide) rings is 1. The molecule has 1 saturated carbocycles. The molecule has 2 unspecified atom stereocenters. The van der Waals surface area contributed by atoms with Gasteiger partial charge in [-0.05, 0) is 43.8 Å². The lowest BCUT2D eigenvalue weighted by molar-refractivity contribution is -0.165. The molecule has 2 fully saturated rings. The SMILES string of the molecule is C/C=C\COC(=O)N1C(=O)C(O[Si](CC)(CC)CC)C1C1CCCCC1. The lowest BCUT2D eigenvalue weighted by Gasteiger charge is -2.51. The van der Waals surface area contributed by atoms with Crippen molar-refractivity contribution in [2.45, 2.75) is 90.1 Å². The standard InChI is InChI=1S/C20H35NO4Si/c1-5-9-15-24-20(23)21-17(16-13-11-10-12-14-16)18(19(21)22)25-26(6-2,7-3)8-4/h5,9,16-18H,6-8,10-15H2,1-4H3/b9-5-. The van der Waals surface area contributed by atoms with Gasteiger partial charge in [-0.1, -0.05) is 52.2 Å². The van der Waals surface area contributed by atoms with E-state index < -0.39 is 20.5 Å². The molecule has 1 aliphatic heterocycles. The zero-order chi connectivity index (χ0) is 19.2. The van der Waals surface area contributed by atoms with Crippen LogP contribution in [0.3, 0.4) is 0 Å². The summed E-state index contributed by atoms with van der Waals surface area (Å²) < 4.78 is 11.8. The molecule has 0 aromatic heterocycles. The van der Waals surface area contributed by atoms with Crippen LogP contribution in [-0.4, -0.2) is 44.0 Å². The second-order valence-corrected chi connectivity index (χ2v) is 12.2. The molecule has 0 bridgehead atoms. The van der Waals surface area contributed by atoms with Crippen molar-refractivity contribution in [3.63, 3.8) is 0 Å². The second kappa shape index (κ2) is 9.69. The zero-order valence-corrected chi connectivity index (χ0v) is 17.8. The van der Waals surface area contributed by atoms with Gasteiger partial charge in [0.2, 0.25) is 0 Å². The largest absolute Gasteiger partial charge is 0.445 e. The van der Waals surface area contributed by atoms with E-state index >= 15 is 0 Å². The molecule has 0 spiro atoms. The summed E-state index contributed by atoms with van der Waals surface area (Å²) in [6.07, 6.45) is 8.35. The summed E-state index contributed by atoms with van der Waals surface area (Å²) in [6, 6.07) is 2.88. The summed E-state index contributed by atoms with van der Waals surface area (Å²) >= 11 is 0. The Bertz CT molecular complexity index is 504. The van der Waals surface area contributed by atoms with Crippen LogP contribution in [0.5, 0.6) is 0 Å². The minimum atomic E-state index is -1.90. The van der Waals surface area contributed by atoms with E-state index in [0.29, 0.717) is 5.92 Å². The van der Waals surface area contributed by atoms with Gasteiger partial charge in [-0.15, -0.1) is 0 Å². The number of ether oxygens (including phenoxy) is 1. The molecular formula is C20H35NO4Si. The minimum absolute atomic E-state index is 0.141. The van der Waals surface area contributed by atoms with E-state index in [9.17, 15) is 9.59 Å². The Labute approximate surface area is 159 Å². The van der Waals surface area contributed by atoms with Crippen molar-refractivity contribution >= 4 is 20.3 Å². The molecule has 1 heterocycles. The summed E-state index contributed by atoms with van der Waals surface area (Å²) in [5.74, 6) is 0.149. The number of allylic oxidation sites excluding steroid dienone is 1. The van der Waals surface area contributed by atoms with E-state index in [0.717, 1.165) is 31.0 Å². The van der Waals surface area contributed by atoms with Crippen LogP contribution in [0.4, 0.5) is 4.79 Å². The van der Waals surface area contributed by atoms with Crippen LogP contribution >= 0.6 is 0 Å². The lowest BCUT2D eigenvalue weighted by Crippen LogP contribution is -2.72. The maximum absolute atomic E-state index is 12.8. The van der Waals surface area contributed by atoms with Crippen molar-refractivity contribution in [3.05, 3.63) is 12.2 Å². The van der Waals surface area contributed by atoms with Crippen LogP contribution < -0.4 is 0 Å². The van der Waals surface area contributed by atoms with Gasteiger partial charge in [-0.2, -0.15) is 0 Å². The number of amides is 2. The smallest absolute Gasteiger partial charge is 0.417 e. The summed E-state index contributed by atoms with van der Waals surface area (Å²) in [7, 11) is -1.90. The number of carbonyl (C=O) groups excluding carboxylic acids is 2. The van der Waals surface area contributed by atoms with Gasteiger partial charge in [0.05, 0.1) is 6.04 Å². The van der Waals surface area contributed by atoms with Gasteiger partial charge >= 0.3 is 6.09 Å². The van der Waals surface area contributed by atoms with Crippen LogP contribution in [-0.2, 0) is 14.0 Å². The van der Waals surface area contributed by atoms with E-state index in [-0.39, 0.29) is 18.6 Å². The first kappa shape index (κ1) is 21.2. The maximum atomic E-state index is 12.8. The number of imide groups is 1. The highest BCUT2D eigenvalue weighted by atomic mass is 28.4. The first-order chi connectivity index (χ1) is 12.5. The van der Waals surface area contributed by atoms with Gasteiger partial charge in [0.15, 0.2) is 8.32 Å². The molecule has 0 aromatic rings. The van der Waals surface area contributed by atoms with Crippen LogP contribution in [0.25, 0.3) is 0 Å². The van der Waals surface area contributed by atoms with Crippen LogP contribution in [0.1, 0.15) is 59.8 Å². The molecule has 0 radical (unpaired) electrons. The second-order valence-electron chi connectivity index (χ2n) is 7.52. The van der Waals surface area contributed by atoms with Gasteiger partial charge in [0, 0.05) is 0 Å². The number of rotatable bonds is 8. The monoisotopic (exact) mass is 381 g/mol. The minimum Gasteiger partial charge on any atom is -0.445 e. The summed E-state index contributed by atoms with van der Waals surface area (Å²) in [5.41, 5.74) is 0. The van der Waals surface area contributed by atoms with Crippen molar-refractivity contribution in [2.24, 2.45) is 5.92 Å². The molecule has 2 amide bonds. The van der Waals surface area contributed by atoms with E-state index in [1.807, 2.05) is 13.0 Å². The number of carbonyl (C=O) groups is 2. The quantitative estimate of drug-likeness (QED) is 0.341. The average Bonchev–Trinajstić information content (AvgIpc) is 2.68. The molecule has 5 nitrogen and oxygen atoms in total. The summed E-state index contributed by atoms with van der Waals surface area (Å²) in [5, 5.41) is 0. The number of nitrogens with zero attached hydrogens (tertiary/aromatic N) is 1. The summed E-state index contributed by atoms with van der Waals surface area (Å²) in [4.78, 5) is 26.7. The van der Waals surface area contributed by atoms with Crippen molar-refractivity contribution in [2.75, 3.05) is 6.61 Å². The van der Waals surface area contributed by atoms with Crippen molar-refractivity contribution in [1.82, 2.24) is 4.90 Å². The fourth-order valence-corrected chi connectivity index (χ4v) is 7.08. The fraction of sp³-hybridized carbons (Fsp3) is 0.800. The first-order valence-electron chi connectivity index (χ1n) is 10.3. The van der Waals surface area contributed by atoms with Crippen molar-refractivity contribution in [3.8, 4) is 0 Å². The number of likely N-dealkylation sites (tertiary alicyclic amines) is 1. The number of hydrogen-bond donors (Lipinski definition) is 0. The highest BCUT2D eigenvalue weighted by Gasteiger charge is 2.57. The Kier molecular flexibility index (Phi) is 7.89. The van der Waals surface area contributed by atoms with Gasteiger partial charge < -0.3 is 9.16 Å². The molecule has 2 aliphatic rings. The third-order valence-corrected chi connectivity index (χ3v) is 10.9. The molecule has 26 heavy (non-hydrogen) atoms. The van der Waals surface area contributed by atoms with Gasteiger partial charge in [-0.3, -0.25) is 4.79 Å². The van der Waals surface area contributed by atoms with Gasteiger partial charge in [-0.25, -0.2) is 9.69 Å². The molecule has 0 aromatic carbocycles. The third kappa shape index (κ3) is 4.39. The highest BCUT2D eigenvalue weighted by Crippen LogP contribution is 2.40. The first-order valence-corrected chi connectivity index (χ1v) is 12.8. The van der Waals surface area contributed by atoms with Crippen LogP contribution in [0.2, 0.25) is 18.1 Å². The van der Waals surface area contributed by atoms with Crippen molar-refractivity contribution in [1.29, 1.82) is 0 Å². The topological polar surface area (TPSA) is 55.8 Å². The lowest BCUT2D eigenvalue weighted by atomic mass is 9.77. The Morgan fingerprint density at radius 1 is 1.15 bits per heavy atom. The molecule has 0 N–H and O–H groups in total. The van der Waals surface area contributed by atoms with Gasteiger partial charge in [0.25, 0.3) is 5.91 Å². The normalized spacial score (nSPS) is 24.8. The van der Waals surface area contributed by atoms with Crippen molar-refractivity contribution < 1.29 is 18.8 Å². The van der Waals surface area contributed by atoms with E-state index in [4.69, 9.17) is 9.16 Å². The third-order valence-electron chi connectivity index (χ3n) is 6.27. The number of hydrogen-bond acceptors (Lipinski definition) is 4. The molecule has 1 aliphatic carbocycles. The molecule has 1 saturated heterocycles. The molecular weight excluding hydrogens is 346 g/mol. The highest BCUT2D eigenvalue weighted by molar-refractivity contribution is 6.73. The van der Waals surface area contributed by atoms with E-state index in [1.54, 1.807) is 6.08 Å². The molecule has 148 valence electrons. The van der Waals surface area contributed by atoms with Gasteiger partial charge in [0.1, 0.15) is 12.7 Å².